The van der Waals surface area contributed by atoms with Crippen molar-refractivity contribution in [2.45, 2.75) is 75.6 Å². The van der Waals surface area contributed by atoms with E-state index in [2.05, 4.69) is 17.0 Å². The van der Waals surface area contributed by atoms with E-state index in [1.54, 1.807) is 12.1 Å². The number of sulfonamides is 1. The molecule has 3 aliphatic rings. The quantitative estimate of drug-likeness (QED) is 0.733. The zero-order chi connectivity index (χ0) is 19.7. The lowest BCUT2D eigenvalue weighted by Crippen LogP contribution is -2.41. The van der Waals surface area contributed by atoms with Crippen LogP contribution >= 0.6 is 0 Å². The van der Waals surface area contributed by atoms with Crippen LogP contribution in [0.15, 0.2) is 23.1 Å². The van der Waals surface area contributed by atoms with Gasteiger partial charge in [0.2, 0.25) is 15.9 Å². The van der Waals surface area contributed by atoms with Crippen LogP contribution in [-0.2, 0) is 27.7 Å². The lowest BCUT2D eigenvalue weighted by atomic mass is 9.84. The minimum Gasteiger partial charge on any atom is -0.353 e. The van der Waals surface area contributed by atoms with Gasteiger partial charge in [-0.25, -0.2) is 13.1 Å². The smallest absolute Gasteiger partial charge is 0.240 e. The predicted octanol–water partition coefficient (Wildman–Crippen LogP) is 3.17. The molecular formula is C22H32N2O3S. The van der Waals surface area contributed by atoms with Crippen molar-refractivity contribution in [1.29, 1.82) is 0 Å². The summed E-state index contributed by atoms with van der Waals surface area (Å²) < 4.78 is 27.7. The highest BCUT2D eigenvalue weighted by atomic mass is 32.2. The number of aryl methyl sites for hydroxylation is 2. The van der Waals surface area contributed by atoms with Gasteiger partial charge in [-0.05, 0) is 92.9 Å². The number of rotatable bonds is 7. The van der Waals surface area contributed by atoms with Gasteiger partial charge in [-0.1, -0.05) is 12.5 Å². The average Bonchev–Trinajstić information content (AvgIpc) is 3.31. The number of carbonyl (C=O) groups is 1. The first-order chi connectivity index (χ1) is 13.4. The standard InChI is InChI=1S/C22H32N2O3S/c1-15(21-13-16-6-7-19(21)12-16)24-22(25)10-11-23-28(26,27)20-9-8-17-4-2-3-5-18(17)14-20/h8-9,14-16,19,21,23H,2-7,10-13H2,1H3,(H,24,25). The Morgan fingerprint density at radius 2 is 1.93 bits per heavy atom. The summed E-state index contributed by atoms with van der Waals surface area (Å²) >= 11 is 0. The highest BCUT2D eigenvalue weighted by Gasteiger charge is 2.42. The van der Waals surface area contributed by atoms with Gasteiger partial charge in [0.05, 0.1) is 4.90 Å². The third-order valence-corrected chi connectivity index (χ3v) is 8.56. The highest BCUT2D eigenvalue weighted by Crippen LogP contribution is 2.49. The minimum atomic E-state index is -3.57. The van der Waals surface area contributed by atoms with Gasteiger partial charge in [0.1, 0.15) is 0 Å². The topological polar surface area (TPSA) is 75.3 Å². The van der Waals surface area contributed by atoms with E-state index in [0.717, 1.165) is 36.7 Å². The third kappa shape index (κ3) is 4.28. The summed E-state index contributed by atoms with van der Waals surface area (Å²) in [6, 6.07) is 5.60. The first kappa shape index (κ1) is 19.9. The molecule has 2 bridgehead atoms. The van der Waals surface area contributed by atoms with Gasteiger partial charge in [0, 0.05) is 19.0 Å². The molecule has 4 atom stereocenters. The highest BCUT2D eigenvalue weighted by molar-refractivity contribution is 7.89. The normalized spacial score (nSPS) is 27.4. The maximum atomic E-state index is 12.6. The summed E-state index contributed by atoms with van der Waals surface area (Å²) in [5, 5.41) is 3.10. The molecule has 6 heteroatoms. The van der Waals surface area contributed by atoms with E-state index in [4.69, 9.17) is 0 Å². The van der Waals surface area contributed by atoms with Crippen LogP contribution in [0.2, 0.25) is 0 Å². The molecule has 154 valence electrons. The van der Waals surface area contributed by atoms with E-state index >= 15 is 0 Å². The van der Waals surface area contributed by atoms with E-state index in [1.165, 1.54) is 37.7 Å². The summed E-state index contributed by atoms with van der Waals surface area (Å²) in [6.45, 7) is 2.23. The van der Waals surface area contributed by atoms with Gasteiger partial charge < -0.3 is 5.32 Å². The largest absolute Gasteiger partial charge is 0.353 e. The maximum Gasteiger partial charge on any atom is 0.240 e. The molecule has 2 saturated carbocycles. The van der Waals surface area contributed by atoms with Gasteiger partial charge in [0.15, 0.2) is 0 Å². The summed E-state index contributed by atoms with van der Waals surface area (Å²) in [5.41, 5.74) is 2.41. The molecule has 4 rings (SSSR count). The second kappa shape index (κ2) is 8.15. The number of hydrogen-bond donors (Lipinski definition) is 2. The molecule has 2 N–H and O–H groups in total. The van der Waals surface area contributed by atoms with E-state index < -0.39 is 10.0 Å². The van der Waals surface area contributed by atoms with Crippen molar-refractivity contribution in [2.75, 3.05) is 6.54 Å². The lowest BCUT2D eigenvalue weighted by Gasteiger charge is -2.28. The molecule has 2 fully saturated rings. The molecule has 1 aromatic carbocycles. The van der Waals surface area contributed by atoms with Crippen LogP contribution < -0.4 is 10.0 Å². The predicted molar refractivity (Wildman–Crippen MR) is 109 cm³/mol. The Balaban J connectivity index is 1.26. The zero-order valence-corrected chi connectivity index (χ0v) is 17.6. The summed E-state index contributed by atoms with van der Waals surface area (Å²) in [7, 11) is -3.57. The van der Waals surface area contributed by atoms with Crippen molar-refractivity contribution in [3.8, 4) is 0 Å². The van der Waals surface area contributed by atoms with Crippen LogP contribution in [0.4, 0.5) is 0 Å². The lowest BCUT2D eigenvalue weighted by molar-refractivity contribution is -0.122. The molecule has 0 spiro atoms. The fourth-order valence-electron chi connectivity index (χ4n) is 5.60. The molecule has 4 unspecified atom stereocenters. The van der Waals surface area contributed by atoms with Crippen LogP contribution in [0.25, 0.3) is 0 Å². The fraction of sp³-hybridized carbons (Fsp3) is 0.682. The van der Waals surface area contributed by atoms with E-state index in [9.17, 15) is 13.2 Å². The maximum absolute atomic E-state index is 12.6. The SMILES string of the molecule is CC(NC(=O)CCNS(=O)(=O)c1ccc2c(c1)CCCC2)C1CC2CCC1C2. The number of nitrogens with one attached hydrogen (secondary N) is 2. The Hall–Kier alpha value is -1.40. The minimum absolute atomic E-state index is 0.0663. The second-order valence-corrected chi connectivity index (χ2v) is 10.7. The van der Waals surface area contributed by atoms with Crippen LogP contribution in [0.1, 0.15) is 63.0 Å². The number of amides is 1. The van der Waals surface area contributed by atoms with Gasteiger partial charge in [-0.3, -0.25) is 4.79 Å². The molecule has 28 heavy (non-hydrogen) atoms. The van der Waals surface area contributed by atoms with Gasteiger partial charge in [0.25, 0.3) is 0 Å². The molecular weight excluding hydrogens is 372 g/mol. The van der Waals surface area contributed by atoms with Crippen molar-refractivity contribution in [1.82, 2.24) is 10.0 Å². The van der Waals surface area contributed by atoms with Gasteiger partial charge >= 0.3 is 0 Å². The molecule has 3 aliphatic carbocycles. The van der Waals surface area contributed by atoms with Crippen molar-refractivity contribution in [3.05, 3.63) is 29.3 Å². The molecule has 0 radical (unpaired) electrons. The van der Waals surface area contributed by atoms with Crippen molar-refractivity contribution in [2.24, 2.45) is 17.8 Å². The number of fused-ring (bicyclic) bond motifs is 3. The Labute approximate surface area is 168 Å². The Kier molecular flexibility index (Phi) is 5.79. The molecule has 0 saturated heterocycles. The van der Waals surface area contributed by atoms with Crippen LogP contribution in [0.3, 0.4) is 0 Å². The van der Waals surface area contributed by atoms with E-state index in [0.29, 0.717) is 10.8 Å². The molecule has 1 amide bonds. The molecule has 1 aromatic rings. The average molecular weight is 405 g/mol. The van der Waals surface area contributed by atoms with Crippen LogP contribution in [0.5, 0.6) is 0 Å². The summed E-state index contributed by atoms with van der Waals surface area (Å²) in [5.74, 6) is 2.15. The molecule has 5 nitrogen and oxygen atoms in total. The molecule has 0 heterocycles. The Morgan fingerprint density at radius 1 is 1.14 bits per heavy atom. The first-order valence-electron chi connectivity index (χ1n) is 10.8. The third-order valence-electron chi connectivity index (χ3n) is 7.10. The second-order valence-electron chi connectivity index (χ2n) is 8.98. The van der Waals surface area contributed by atoms with E-state index in [1.807, 2.05) is 6.07 Å². The Bertz CT molecular complexity index is 836. The number of carbonyl (C=O) groups excluding carboxylic acids is 1. The molecule has 0 aromatic heterocycles. The van der Waals surface area contributed by atoms with Crippen LogP contribution in [-0.4, -0.2) is 26.9 Å². The monoisotopic (exact) mass is 404 g/mol. The Morgan fingerprint density at radius 3 is 2.64 bits per heavy atom. The van der Waals surface area contributed by atoms with Gasteiger partial charge in [-0.2, -0.15) is 0 Å². The number of hydrogen-bond acceptors (Lipinski definition) is 3. The van der Waals surface area contributed by atoms with Crippen molar-refractivity contribution >= 4 is 15.9 Å². The summed E-state index contributed by atoms with van der Waals surface area (Å²) in [6.07, 6.45) is 9.66. The summed E-state index contributed by atoms with van der Waals surface area (Å²) in [4.78, 5) is 12.6. The molecule has 0 aliphatic heterocycles. The first-order valence-corrected chi connectivity index (χ1v) is 12.3. The fourth-order valence-corrected chi connectivity index (χ4v) is 6.68. The van der Waals surface area contributed by atoms with Crippen molar-refractivity contribution < 1.29 is 13.2 Å². The zero-order valence-electron chi connectivity index (χ0n) is 16.7. The van der Waals surface area contributed by atoms with E-state index in [-0.39, 0.29) is 24.9 Å². The van der Waals surface area contributed by atoms with Crippen molar-refractivity contribution in [3.63, 3.8) is 0 Å². The number of benzene rings is 1. The van der Waals surface area contributed by atoms with Gasteiger partial charge in [-0.15, -0.1) is 0 Å². The van der Waals surface area contributed by atoms with Crippen LogP contribution in [0, 0.1) is 17.8 Å².